The second-order valence-electron chi connectivity index (χ2n) is 4.55. The van der Waals surface area contributed by atoms with Crippen LogP contribution < -0.4 is 10.2 Å². The lowest BCUT2D eigenvalue weighted by atomic mass is 10.2. The van der Waals surface area contributed by atoms with Gasteiger partial charge in [-0.1, -0.05) is 12.1 Å². The fourth-order valence-electron chi connectivity index (χ4n) is 2.19. The van der Waals surface area contributed by atoms with E-state index in [1.807, 2.05) is 12.4 Å². The van der Waals surface area contributed by atoms with E-state index in [9.17, 15) is 0 Å². The van der Waals surface area contributed by atoms with Crippen LogP contribution in [0.3, 0.4) is 0 Å². The SMILES string of the molecule is CCNc1cncc(N(CC)c2cccc(C)c2)c1. The highest BCUT2D eigenvalue weighted by atomic mass is 15.1. The molecule has 0 atom stereocenters. The summed E-state index contributed by atoms with van der Waals surface area (Å²) in [4.78, 5) is 6.58. The van der Waals surface area contributed by atoms with Crippen LogP contribution in [0.15, 0.2) is 42.7 Å². The molecule has 2 rings (SSSR count). The van der Waals surface area contributed by atoms with Crippen molar-refractivity contribution >= 4 is 17.1 Å². The normalized spacial score (nSPS) is 10.3. The summed E-state index contributed by atoms with van der Waals surface area (Å²) in [6, 6.07) is 10.7. The van der Waals surface area contributed by atoms with Crippen molar-refractivity contribution in [2.24, 2.45) is 0 Å². The highest BCUT2D eigenvalue weighted by molar-refractivity contribution is 5.66. The van der Waals surface area contributed by atoms with Crippen LogP contribution in [0, 0.1) is 6.92 Å². The van der Waals surface area contributed by atoms with Gasteiger partial charge in [-0.2, -0.15) is 0 Å². The van der Waals surface area contributed by atoms with Crippen molar-refractivity contribution in [3.8, 4) is 0 Å². The lowest BCUT2D eigenvalue weighted by Gasteiger charge is -2.23. The summed E-state index contributed by atoms with van der Waals surface area (Å²) in [5.41, 5.74) is 4.65. The van der Waals surface area contributed by atoms with Crippen LogP contribution in [0.1, 0.15) is 19.4 Å². The molecule has 0 aliphatic carbocycles. The molecule has 0 amide bonds. The Bertz CT molecular complexity index is 537. The molecule has 0 aliphatic rings. The number of hydrogen-bond acceptors (Lipinski definition) is 3. The Kier molecular flexibility index (Phi) is 4.39. The first-order valence-corrected chi connectivity index (χ1v) is 6.77. The molecule has 0 radical (unpaired) electrons. The third-order valence-corrected chi connectivity index (χ3v) is 3.05. The lowest BCUT2D eigenvalue weighted by Crippen LogP contribution is -2.16. The third kappa shape index (κ3) is 3.25. The molecule has 0 unspecified atom stereocenters. The maximum atomic E-state index is 4.32. The number of benzene rings is 1. The smallest absolute Gasteiger partial charge is 0.0617 e. The van der Waals surface area contributed by atoms with Gasteiger partial charge < -0.3 is 10.2 Å². The van der Waals surface area contributed by atoms with Crippen LogP contribution in [-0.2, 0) is 0 Å². The van der Waals surface area contributed by atoms with E-state index in [-0.39, 0.29) is 0 Å². The van der Waals surface area contributed by atoms with Crippen LogP contribution >= 0.6 is 0 Å². The standard InChI is InChI=1S/C16H21N3/c1-4-18-14-10-16(12-17-11-14)19(5-2)15-8-6-7-13(3)9-15/h6-12,18H,4-5H2,1-3H3. The number of nitrogens with zero attached hydrogens (tertiary/aromatic N) is 2. The monoisotopic (exact) mass is 255 g/mol. The number of aryl methyl sites for hydroxylation is 1. The van der Waals surface area contributed by atoms with Gasteiger partial charge in [-0.05, 0) is 44.5 Å². The zero-order valence-electron chi connectivity index (χ0n) is 11.9. The van der Waals surface area contributed by atoms with Crippen molar-refractivity contribution in [3.63, 3.8) is 0 Å². The highest BCUT2D eigenvalue weighted by Crippen LogP contribution is 2.26. The van der Waals surface area contributed by atoms with Crippen LogP contribution in [0.25, 0.3) is 0 Å². The maximum absolute atomic E-state index is 4.32. The minimum atomic E-state index is 0.904. The van der Waals surface area contributed by atoms with Gasteiger partial charge in [0.25, 0.3) is 0 Å². The molecule has 0 fully saturated rings. The number of pyridine rings is 1. The van der Waals surface area contributed by atoms with E-state index in [1.165, 1.54) is 11.3 Å². The van der Waals surface area contributed by atoms with E-state index in [1.54, 1.807) is 0 Å². The Morgan fingerprint density at radius 2 is 1.95 bits per heavy atom. The molecule has 3 heteroatoms. The second kappa shape index (κ2) is 6.23. The number of rotatable bonds is 5. The summed E-state index contributed by atoms with van der Waals surface area (Å²) in [5.74, 6) is 0. The van der Waals surface area contributed by atoms with Gasteiger partial charge in [0.2, 0.25) is 0 Å². The quantitative estimate of drug-likeness (QED) is 0.876. The van der Waals surface area contributed by atoms with E-state index in [2.05, 4.69) is 66.3 Å². The maximum Gasteiger partial charge on any atom is 0.0617 e. The van der Waals surface area contributed by atoms with E-state index in [4.69, 9.17) is 0 Å². The zero-order chi connectivity index (χ0) is 13.7. The molecule has 1 aromatic heterocycles. The van der Waals surface area contributed by atoms with Crippen molar-refractivity contribution in [3.05, 3.63) is 48.3 Å². The average molecular weight is 255 g/mol. The van der Waals surface area contributed by atoms with Gasteiger partial charge in [-0.3, -0.25) is 4.98 Å². The van der Waals surface area contributed by atoms with Crippen molar-refractivity contribution in [1.29, 1.82) is 0 Å². The molecule has 3 nitrogen and oxygen atoms in total. The molecule has 1 heterocycles. The molecule has 0 aliphatic heterocycles. The fraction of sp³-hybridized carbons (Fsp3) is 0.312. The molecular formula is C16H21N3. The van der Waals surface area contributed by atoms with E-state index < -0.39 is 0 Å². The van der Waals surface area contributed by atoms with Crippen molar-refractivity contribution in [2.75, 3.05) is 23.3 Å². The molecule has 1 aromatic carbocycles. The molecule has 100 valence electrons. The first-order chi connectivity index (χ1) is 9.24. The molecular weight excluding hydrogens is 234 g/mol. The molecule has 0 saturated carbocycles. The first-order valence-electron chi connectivity index (χ1n) is 6.77. The summed E-state index contributed by atoms with van der Waals surface area (Å²) < 4.78 is 0. The van der Waals surface area contributed by atoms with Crippen molar-refractivity contribution < 1.29 is 0 Å². The largest absolute Gasteiger partial charge is 0.384 e. The van der Waals surface area contributed by atoms with Gasteiger partial charge in [0.1, 0.15) is 0 Å². The van der Waals surface area contributed by atoms with Gasteiger partial charge >= 0.3 is 0 Å². The van der Waals surface area contributed by atoms with E-state index in [0.29, 0.717) is 0 Å². The predicted octanol–water partition coefficient (Wildman–Crippen LogP) is 3.98. The number of anilines is 3. The first kappa shape index (κ1) is 13.4. The highest BCUT2D eigenvalue weighted by Gasteiger charge is 2.08. The Balaban J connectivity index is 2.33. The van der Waals surface area contributed by atoms with Crippen LogP contribution in [0.5, 0.6) is 0 Å². The van der Waals surface area contributed by atoms with E-state index in [0.717, 1.165) is 24.5 Å². The minimum absolute atomic E-state index is 0.904. The Morgan fingerprint density at radius 3 is 2.63 bits per heavy atom. The topological polar surface area (TPSA) is 28.2 Å². The van der Waals surface area contributed by atoms with Gasteiger partial charge in [0.15, 0.2) is 0 Å². The average Bonchev–Trinajstić information content (AvgIpc) is 2.41. The molecule has 0 spiro atoms. The van der Waals surface area contributed by atoms with Gasteiger partial charge in [-0.15, -0.1) is 0 Å². The summed E-state index contributed by atoms with van der Waals surface area (Å²) in [5, 5.41) is 3.30. The van der Waals surface area contributed by atoms with Gasteiger partial charge in [0.05, 0.1) is 23.8 Å². The van der Waals surface area contributed by atoms with Crippen molar-refractivity contribution in [2.45, 2.75) is 20.8 Å². The van der Waals surface area contributed by atoms with Gasteiger partial charge in [0, 0.05) is 18.8 Å². The number of hydrogen-bond donors (Lipinski definition) is 1. The summed E-state index contributed by atoms with van der Waals surface area (Å²) in [6.07, 6.45) is 3.77. The van der Waals surface area contributed by atoms with Crippen molar-refractivity contribution in [1.82, 2.24) is 4.98 Å². The summed E-state index contributed by atoms with van der Waals surface area (Å²) in [7, 11) is 0. The molecule has 1 N–H and O–H groups in total. The van der Waals surface area contributed by atoms with Crippen LogP contribution in [0.2, 0.25) is 0 Å². The van der Waals surface area contributed by atoms with Gasteiger partial charge in [-0.25, -0.2) is 0 Å². The third-order valence-electron chi connectivity index (χ3n) is 3.05. The minimum Gasteiger partial charge on any atom is -0.384 e. The van der Waals surface area contributed by atoms with Crippen LogP contribution in [-0.4, -0.2) is 18.1 Å². The lowest BCUT2D eigenvalue weighted by molar-refractivity contribution is 1.01. The fourth-order valence-corrected chi connectivity index (χ4v) is 2.19. The summed E-state index contributed by atoms with van der Waals surface area (Å²) in [6.45, 7) is 8.18. The van der Waals surface area contributed by atoms with E-state index >= 15 is 0 Å². The number of aromatic nitrogens is 1. The Morgan fingerprint density at radius 1 is 1.11 bits per heavy atom. The predicted molar refractivity (Wildman–Crippen MR) is 82.3 cm³/mol. The molecule has 0 bridgehead atoms. The number of nitrogens with one attached hydrogen (secondary N) is 1. The molecule has 0 saturated heterocycles. The molecule has 19 heavy (non-hydrogen) atoms. The Labute approximate surface area is 115 Å². The summed E-state index contributed by atoms with van der Waals surface area (Å²) >= 11 is 0. The second-order valence-corrected chi connectivity index (χ2v) is 4.55. The zero-order valence-corrected chi connectivity index (χ0v) is 11.9. The molecule has 2 aromatic rings. The Hall–Kier alpha value is -2.03. The van der Waals surface area contributed by atoms with Crippen LogP contribution in [0.4, 0.5) is 17.1 Å².